The number of carbonyl (C=O) groups excluding carboxylic acids is 1. The Balaban J connectivity index is 1.63. The number of rotatable bonds is 6. The van der Waals surface area contributed by atoms with E-state index in [4.69, 9.17) is 4.74 Å². The first-order valence-corrected chi connectivity index (χ1v) is 12.5. The molecule has 0 radical (unpaired) electrons. The standard InChI is InChI=1S/C25H34N2O4S/c1-16-13-18(3)23(15-17(16)2)20(5)26-25(28)21-9-11-27(12-10-21)32(29,30)22-7-8-24(31-6)19(4)14-22/h7-8,13-15,20-21H,9-12H2,1-6H3,(H,26,28). The van der Waals surface area contributed by atoms with Gasteiger partial charge >= 0.3 is 0 Å². The van der Waals surface area contributed by atoms with Crippen molar-refractivity contribution < 1.29 is 17.9 Å². The smallest absolute Gasteiger partial charge is 0.243 e. The van der Waals surface area contributed by atoms with Gasteiger partial charge in [0.2, 0.25) is 15.9 Å². The lowest BCUT2D eigenvalue weighted by Crippen LogP contribution is -2.43. The SMILES string of the molecule is COc1ccc(S(=O)(=O)N2CCC(C(=O)NC(C)c3cc(C)c(C)cc3C)CC2)cc1C. The van der Waals surface area contributed by atoms with Gasteiger partial charge in [0.25, 0.3) is 0 Å². The molecule has 1 unspecified atom stereocenters. The molecule has 1 saturated heterocycles. The van der Waals surface area contributed by atoms with Gasteiger partial charge in [-0.2, -0.15) is 4.31 Å². The van der Waals surface area contributed by atoms with E-state index in [1.807, 2.05) is 13.8 Å². The second-order valence-corrected chi connectivity index (χ2v) is 10.8. The maximum atomic E-state index is 13.1. The Bertz CT molecular complexity index is 1100. The number of nitrogens with zero attached hydrogens (tertiary/aromatic N) is 1. The predicted octanol–water partition coefficient (Wildman–Crippen LogP) is 4.21. The fraction of sp³-hybridized carbons (Fsp3) is 0.480. The average Bonchev–Trinajstić information content (AvgIpc) is 2.76. The van der Waals surface area contributed by atoms with Crippen molar-refractivity contribution in [3.05, 3.63) is 58.1 Å². The molecule has 0 aliphatic carbocycles. The Labute approximate surface area is 192 Å². The van der Waals surface area contributed by atoms with Crippen molar-refractivity contribution in [2.45, 2.75) is 58.4 Å². The molecule has 2 aromatic rings. The summed E-state index contributed by atoms with van der Waals surface area (Å²) in [6, 6.07) is 9.09. The molecule has 6 nitrogen and oxygen atoms in total. The first kappa shape index (κ1) is 24.3. The number of nitrogens with one attached hydrogen (secondary N) is 1. The molecule has 1 fully saturated rings. The highest BCUT2D eigenvalue weighted by atomic mass is 32.2. The molecule has 1 atom stereocenters. The van der Waals surface area contributed by atoms with Crippen LogP contribution in [0.2, 0.25) is 0 Å². The summed E-state index contributed by atoms with van der Waals surface area (Å²) in [6.45, 7) is 10.7. The second kappa shape index (κ2) is 9.63. The normalized spacial score (nSPS) is 16.6. The first-order chi connectivity index (χ1) is 15.0. The minimum atomic E-state index is -3.59. The van der Waals surface area contributed by atoms with E-state index < -0.39 is 10.0 Å². The van der Waals surface area contributed by atoms with Crippen LogP contribution < -0.4 is 10.1 Å². The highest BCUT2D eigenvalue weighted by molar-refractivity contribution is 7.89. The highest BCUT2D eigenvalue weighted by Crippen LogP contribution is 2.28. The predicted molar refractivity (Wildman–Crippen MR) is 126 cm³/mol. The molecular weight excluding hydrogens is 424 g/mol. The van der Waals surface area contributed by atoms with Crippen LogP contribution in [0.3, 0.4) is 0 Å². The molecule has 1 heterocycles. The number of benzene rings is 2. The minimum absolute atomic E-state index is 0.00697. The summed E-state index contributed by atoms with van der Waals surface area (Å²) in [4.78, 5) is 13.2. The van der Waals surface area contributed by atoms with Crippen LogP contribution in [0.1, 0.15) is 53.6 Å². The highest BCUT2D eigenvalue weighted by Gasteiger charge is 2.32. The molecule has 0 saturated carbocycles. The molecule has 1 aliphatic heterocycles. The summed E-state index contributed by atoms with van der Waals surface area (Å²) in [5.41, 5.74) is 5.51. The van der Waals surface area contributed by atoms with E-state index in [1.165, 1.54) is 15.4 Å². The first-order valence-electron chi connectivity index (χ1n) is 11.1. The van der Waals surface area contributed by atoms with Gasteiger partial charge in [-0.05, 0) is 93.5 Å². The Hall–Kier alpha value is -2.38. The summed E-state index contributed by atoms with van der Waals surface area (Å²) in [5, 5.41) is 3.14. The molecule has 1 aliphatic rings. The van der Waals surface area contributed by atoms with Gasteiger partial charge in [0, 0.05) is 19.0 Å². The summed E-state index contributed by atoms with van der Waals surface area (Å²) in [5.74, 6) is 0.466. The zero-order valence-corrected chi connectivity index (χ0v) is 20.7. The number of hydrogen-bond acceptors (Lipinski definition) is 4. The van der Waals surface area contributed by atoms with Gasteiger partial charge in [0.05, 0.1) is 18.0 Å². The second-order valence-electron chi connectivity index (χ2n) is 8.83. The van der Waals surface area contributed by atoms with E-state index in [0.717, 1.165) is 16.7 Å². The third-order valence-electron chi connectivity index (χ3n) is 6.54. The van der Waals surface area contributed by atoms with E-state index in [-0.39, 0.29) is 22.8 Å². The average molecular weight is 459 g/mol. The molecular formula is C25H34N2O4S. The number of methoxy groups -OCH3 is 1. The van der Waals surface area contributed by atoms with Crippen molar-refractivity contribution >= 4 is 15.9 Å². The number of carbonyl (C=O) groups is 1. The molecule has 0 bridgehead atoms. The van der Waals surface area contributed by atoms with Crippen molar-refractivity contribution in [1.82, 2.24) is 9.62 Å². The quantitative estimate of drug-likeness (QED) is 0.704. The molecule has 32 heavy (non-hydrogen) atoms. The van der Waals surface area contributed by atoms with Crippen LogP contribution in [0, 0.1) is 33.6 Å². The summed E-state index contributed by atoms with van der Waals surface area (Å²) < 4.78 is 32.8. The van der Waals surface area contributed by atoms with Crippen LogP contribution >= 0.6 is 0 Å². The molecule has 1 N–H and O–H groups in total. The van der Waals surface area contributed by atoms with Crippen molar-refractivity contribution in [2.24, 2.45) is 5.92 Å². The van der Waals surface area contributed by atoms with Gasteiger partial charge in [-0.25, -0.2) is 8.42 Å². The fourth-order valence-electron chi connectivity index (χ4n) is 4.38. The van der Waals surface area contributed by atoms with Gasteiger partial charge in [0.1, 0.15) is 5.75 Å². The number of ether oxygens (including phenoxy) is 1. The van der Waals surface area contributed by atoms with Gasteiger partial charge in [-0.1, -0.05) is 12.1 Å². The molecule has 174 valence electrons. The van der Waals surface area contributed by atoms with Gasteiger partial charge in [0.15, 0.2) is 0 Å². The number of amides is 1. The topological polar surface area (TPSA) is 75.7 Å². The zero-order chi connectivity index (χ0) is 23.6. The van der Waals surface area contributed by atoms with E-state index in [2.05, 4.69) is 38.2 Å². The molecule has 0 aromatic heterocycles. The van der Waals surface area contributed by atoms with Crippen molar-refractivity contribution in [2.75, 3.05) is 20.2 Å². The Morgan fingerprint density at radius 2 is 1.62 bits per heavy atom. The van der Waals surface area contributed by atoms with E-state index in [9.17, 15) is 13.2 Å². The lowest BCUT2D eigenvalue weighted by atomic mass is 9.94. The monoisotopic (exact) mass is 458 g/mol. The lowest BCUT2D eigenvalue weighted by Gasteiger charge is -2.31. The largest absolute Gasteiger partial charge is 0.496 e. The number of hydrogen-bond donors (Lipinski definition) is 1. The summed E-state index contributed by atoms with van der Waals surface area (Å²) >= 11 is 0. The van der Waals surface area contributed by atoms with Crippen LogP contribution in [0.25, 0.3) is 0 Å². The van der Waals surface area contributed by atoms with Crippen LogP contribution in [0.15, 0.2) is 35.2 Å². The lowest BCUT2D eigenvalue weighted by molar-refractivity contribution is -0.126. The molecule has 3 rings (SSSR count). The Morgan fingerprint density at radius 1 is 1.00 bits per heavy atom. The van der Waals surface area contributed by atoms with E-state index in [1.54, 1.807) is 25.3 Å². The Kier molecular flexibility index (Phi) is 7.30. The van der Waals surface area contributed by atoms with E-state index >= 15 is 0 Å². The fourth-order valence-corrected chi connectivity index (χ4v) is 5.93. The zero-order valence-electron chi connectivity index (χ0n) is 19.9. The van der Waals surface area contributed by atoms with Gasteiger partial charge < -0.3 is 10.1 Å². The maximum Gasteiger partial charge on any atom is 0.243 e. The third kappa shape index (κ3) is 4.99. The third-order valence-corrected chi connectivity index (χ3v) is 8.43. The van der Waals surface area contributed by atoms with Crippen LogP contribution in [0.5, 0.6) is 5.75 Å². The summed E-state index contributed by atoms with van der Waals surface area (Å²) in [7, 11) is -2.03. The number of piperidine rings is 1. The van der Waals surface area contributed by atoms with Gasteiger partial charge in [-0.15, -0.1) is 0 Å². The molecule has 0 spiro atoms. The van der Waals surface area contributed by atoms with Crippen LogP contribution in [-0.2, 0) is 14.8 Å². The number of aryl methyl sites for hydroxylation is 4. The van der Waals surface area contributed by atoms with Crippen LogP contribution in [-0.4, -0.2) is 38.8 Å². The molecule has 7 heteroatoms. The number of sulfonamides is 1. The molecule has 1 amide bonds. The van der Waals surface area contributed by atoms with Gasteiger partial charge in [-0.3, -0.25) is 4.79 Å². The minimum Gasteiger partial charge on any atom is -0.496 e. The van der Waals surface area contributed by atoms with Crippen LogP contribution in [0.4, 0.5) is 0 Å². The Morgan fingerprint density at radius 3 is 2.22 bits per heavy atom. The van der Waals surface area contributed by atoms with E-state index in [0.29, 0.717) is 31.7 Å². The van der Waals surface area contributed by atoms with Crippen molar-refractivity contribution in [1.29, 1.82) is 0 Å². The van der Waals surface area contributed by atoms with Crippen molar-refractivity contribution in [3.63, 3.8) is 0 Å². The van der Waals surface area contributed by atoms with Crippen molar-refractivity contribution in [3.8, 4) is 5.75 Å². The molecule has 2 aromatic carbocycles. The summed E-state index contributed by atoms with van der Waals surface area (Å²) in [6.07, 6.45) is 1.03. The maximum absolute atomic E-state index is 13.1.